The van der Waals surface area contributed by atoms with Gasteiger partial charge in [-0.2, -0.15) is 0 Å². The number of thioether (sulfide) groups is 1. The van der Waals surface area contributed by atoms with Crippen LogP contribution in [0.1, 0.15) is 34.2 Å². The molecule has 160 valence electrons. The smallest absolute Gasteiger partial charge is 0.279 e. The maximum atomic E-state index is 12.3. The number of hydrazine groups is 1. The lowest BCUT2D eigenvalue weighted by molar-refractivity contribution is -0.128. The second-order valence-electron chi connectivity index (χ2n) is 6.94. The summed E-state index contributed by atoms with van der Waals surface area (Å²) < 4.78 is 5.53. The van der Waals surface area contributed by atoms with Crippen LogP contribution >= 0.6 is 11.8 Å². The maximum absolute atomic E-state index is 12.3. The van der Waals surface area contributed by atoms with Gasteiger partial charge in [-0.15, -0.1) is 0 Å². The molecule has 0 saturated carbocycles. The molecule has 0 fully saturated rings. The number of nitrogens with one attached hydrogen (secondary N) is 2. The van der Waals surface area contributed by atoms with E-state index in [1.54, 1.807) is 43.0 Å². The highest BCUT2D eigenvalue weighted by Gasteiger charge is 2.16. The van der Waals surface area contributed by atoms with Crippen LogP contribution < -0.4 is 15.6 Å². The lowest BCUT2D eigenvalue weighted by atomic mass is 10.1. The summed E-state index contributed by atoms with van der Waals surface area (Å²) in [5, 5.41) is 0.730. The number of nitrogens with zero attached hydrogens (tertiary/aromatic N) is 2. The van der Waals surface area contributed by atoms with Gasteiger partial charge in [0.25, 0.3) is 11.8 Å². The van der Waals surface area contributed by atoms with Gasteiger partial charge in [-0.3, -0.25) is 20.4 Å². The first-order chi connectivity index (χ1) is 14.9. The molecular weight excluding hydrogens is 412 g/mol. The first kappa shape index (κ1) is 22.3. The van der Waals surface area contributed by atoms with Gasteiger partial charge in [-0.1, -0.05) is 42.1 Å². The summed E-state index contributed by atoms with van der Waals surface area (Å²) >= 11 is 1.54. The van der Waals surface area contributed by atoms with Crippen LogP contribution in [0.25, 0.3) is 0 Å². The fourth-order valence-corrected chi connectivity index (χ4v) is 3.61. The molecule has 0 aliphatic carbocycles. The van der Waals surface area contributed by atoms with Gasteiger partial charge >= 0.3 is 0 Å². The molecule has 3 aromatic rings. The number of hydrogen-bond acceptors (Lipinski definition) is 6. The van der Waals surface area contributed by atoms with Crippen molar-refractivity contribution in [1.29, 1.82) is 0 Å². The predicted octanol–water partition coefficient (Wildman–Crippen LogP) is 3.61. The largest absolute Gasteiger partial charge is 0.481 e. The standard InChI is InChI=1S/C23H24N4O3S/c1-15-13-16(2)25-23(24-15)31-14-18-9-11-19(12-10-18)22(29)27-26-21(28)17(3)30-20-7-5-4-6-8-20/h4-13,17H,14H2,1-3H3,(H,26,28)(H,27,29)/t17-/m1/s1. The van der Waals surface area contributed by atoms with Crippen LogP contribution in [0, 0.1) is 13.8 Å². The zero-order chi connectivity index (χ0) is 22.2. The molecule has 0 saturated heterocycles. The summed E-state index contributed by atoms with van der Waals surface area (Å²) in [4.78, 5) is 33.3. The van der Waals surface area contributed by atoms with Gasteiger partial charge in [0.05, 0.1) is 0 Å². The van der Waals surface area contributed by atoms with Gasteiger partial charge in [-0.05, 0) is 56.7 Å². The molecule has 8 heteroatoms. The number of carbonyl (C=O) groups excluding carboxylic acids is 2. The second kappa shape index (κ2) is 10.6. The Kier molecular flexibility index (Phi) is 7.61. The van der Waals surface area contributed by atoms with Crippen molar-refractivity contribution in [1.82, 2.24) is 20.8 Å². The molecule has 2 aromatic carbocycles. The third kappa shape index (κ3) is 6.82. The van der Waals surface area contributed by atoms with Crippen LogP contribution in [0.15, 0.2) is 65.8 Å². The molecule has 0 aliphatic heterocycles. The molecule has 3 rings (SSSR count). The number of hydrogen-bond donors (Lipinski definition) is 2. The molecule has 2 N–H and O–H groups in total. The van der Waals surface area contributed by atoms with Gasteiger partial charge in [0, 0.05) is 22.7 Å². The molecule has 0 radical (unpaired) electrons. The minimum absolute atomic E-state index is 0.405. The Morgan fingerprint density at radius 3 is 2.26 bits per heavy atom. The molecule has 1 aromatic heterocycles. The zero-order valence-corrected chi connectivity index (χ0v) is 18.4. The van der Waals surface area contributed by atoms with Crippen molar-refractivity contribution in [3.63, 3.8) is 0 Å². The lowest BCUT2D eigenvalue weighted by Gasteiger charge is -2.15. The van der Waals surface area contributed by atoms with Crippen molar-refractivity contribution in [2.75, 3.05) is 0 Å². The van der Waals surface area contributed by atoms with E-state index < -0.39 is 17.9 Å². The van der Waals surface area contributed by atoms with Crippen LogP contribution in [0.2, 0.25) is 0 Å². The van der Waals surface area contributed by atoms with Crippen LogP contribution in [-0.4, -0.2) is 27.9 Å². The van der Waals surface area contributed by atoms with E-state index in [9.17, 15) is 9.59 Å². The highest BCUT2D eigenvalue weighted by Crippen LogP contribution is 2.20. The van der Waals surface area contributed by atoms with Crippen molar-refractivity contribution in [2.45, 2.75) is 37.8 Å². The normalized spacial score (nSPS) is 11.5. The summed E-state index contributed by atoms with van der Waals surface area (Å²) in [6.45, 7) is 5.50. The van der Waals surface area contributed by atoms with E-state index in [0.29, 0.717) is 17.1 Å². The molecule has 1 atom stereocenters. The van der Waals surface area contributed by atoms with Crippen LogP contribution in [0.3, 0.4) is 0 Å². The Morgan fingerprint density at radius 2 is 1.61 bits per heavy atom. The molecule has 0 bridgehead atoms. The first-order valence-corrected chi connectivity index (χ1v) is 10.7. The van der Waals surface area contributed by atoms with Gasteiger partial charge in [0.15, 0.2) is 11.3 Å². The van der Waals surface area contributed by atoms with E-state index in [-0.39, 0.29) is 0 Å². The number of ether oxygens (including phenoxy) is 1. The highest BCUT2D eigenvalue weighted by molar-refractivity contribution is 7.98. The average Bonchev–Trinajstić information content (AvgIpc) is 2.76. The molecule has 7 nitrogen and oxygen atoms in total. The van der Waals surface area contributed by atoms with Gasteiger partial charge in [-0.25, -0.2) is 9.97 Å². The van der Waals surface area contributed by atoms with Crippen LogP contribution in [0.5, 0.6) is 5.75 Å². The van der Waals surface area contributed by atoms with E-state index in [2.05, 4.69) is 20.8 Å². The third-order valence-electron chi connectivity index (χ3n) is 4.27. The Bertz CT molecular complexity index is 1020. The first-order valence-electron chi connectivity index (χ1n) is 9.76. The van der Waals surface area contributed by atoms with Crippen LogP contribution in [-0.2, 0) is 10.5 Å². The SMILES string of the molecule is Cc1cc(C)nc(SCc2ccc(C(=O)NNC(=O)[C@@H](C)Oc3ccccc3)cc2)n1. The van der Waals surface area contributed by atoms with Crippen molar-refractivity contribution in [3.8, 4) is 5.75 Å². The average molecular weight is 437 g/mol. The molecule has 0 spiro atoms. The van der Waals surface area contributed by atoms with E-state index in [0.717, 1.165) is 22.1 Å². The summed E-state index contributed by atoms with van der Waals surface area (Å²) in [6.07, 6.45) is -0.755. The number of benzene rings is 2. The summed E-state index contributed by atoms with van der Waals surface area (Å²) in [6, 6.07) is 18.1. The Hall–Kier alpha value is -3.39. The van der Waals surface area contributed by atoms with Crippen molar-refractivity contribution in [2.24, 2.45) is 0 Å². The Balaban J connectivity index is 1.47. The van der Waals surface area contributed by atoms with Crippen LogP contribution in [0.4, 0.5) is 0 Å². The van der Waals surface area contributed by atoms with Gasteiger partial charge in [0.2, 0.25) is 0 Å². The quantitative estimate of drug-likeness (QED) is 0.334. The molecule has 0 unspecified atom stereocenters. The monoisotopic (exact) mass is 436 g/mol. The lowest BCUT2D eigenvalue weighted by Crippen LogP contribution is -2.47. The van der Waals surface area contributed by atoms with E-state index >= 15 is 0 Å². The fourth-order valence-electron chi connectivity index (χ4n) is 2.71. The van der Waals surface area contributed by atoms with Gasteiger partial charge < -0.3 is 4.74 Å². The molecule has 31 heavy (non-hydrogen) atoms. The second-order valence-corrected chi connectivity index (χ2v) is 7.88. The number of carbonyl (C=O) groups is 2. The van der Waals surface area contributed by atoms with Crippen molar-refractivity contribution in [3.05, 3.63) is 83.2 Å². The van der Waals surface area contributed by atoms with Crippen molar-refractivity contribution < 1.29 is 14.3 Å². The number of rotatable bonds is 7. The Labute approximate surface area is 185 Å². The zero-order valence-electron chi connectivity index (χ0n) is 17.6. The Morgan fingerprint density at radius 1 is 0.968 bits per heavy atom. The number of aryl methyl sites for hydroxylation is 2. The maximum Gasteiger partial charge on any atom is 0.279 e. The van der Waals surface area contributed by atoms with E-state index in [1.165, 1.54) is 0 Å². The third-order valence-corrected chi connectivity index (χ3v) is 5.19. The van der Waals surface area contributed by atoms with Gasteiger partial charge in [0.1, 0.15) is 5.75 Å². The summed E-state index contributed by atoms with van der Waals surface area (Å²) in [7, 11) is 0. The van der Waals surface area contributed by atoms with Crippen molar-refractivity contribution >= 4 is 23.6 Å². The molecule has 2 amide bonds. The topological polar surface area (TPSA) is 93.2 Å². The van der Waals surface area contributed by atoms with E-state index in [4.69, 9.17) is 4.74 Å². The summed E-state index contributed by atoms with van der Waals surface area (Å²) in [5.41, 5.74) is 8.15. The molecule has 1 heterocycles. The minimum Gasteiger partial charge on any atom is -0.481 e. The number of aromatic nitrogens is 2. The molecular formula is C23H24N4O3S. The highest BCUT2D eigenvalue weighted by atomic mass is 32.2. The number of amides is 2. The van der Waals surface area contributed by atoms with E-state index in [1.807, 2.05) is 50.2 Å². The minimum atomic E-state index is -0.755. The fraction of sp³-hybridized carbons (Fsp3) is 0.217. The number of para-hydroxylation sites is 1. The summed E-state index contributed by atoms with van der Waals surface area (Å²) in [5.74, 6) is 0.419. The molecule has 0 aliphatic rings. The predicted molar refractivity (Wildman–Crippen MR) is 120 cm³/mol.